The van der Waals surface area contributed by atoms with E-state index in [9.17, 15) is 8.78 Å². The summed E-state index contributed by atoms with van der Waals surface area (Å²) in [5.41, 5.74) is 1.39. The average molecular weight is 391 g/mol. The molecule has 1 fully saturated rings. The summed E-state index contributed by atoms with van der Waals surface area (Å²) in [5.74, 6) is 0.918. The van der Waals surface area contributed by atoms with Crippen molar-refractivity contribution in [3.8, 4) is 5.75 Å². The van der Waals surface area contributed by atoms with Crippen LogP contribution in [0.3, 0.4) is 0 Å². The Bertz CT molecular complexity index is 659. The lowest BCUT2D eigenvalue weighted by atomic mass is 9.70. The summed E-state index contributed by atoms with van der Waals surface area (Å²) in [5, 5.41) is 0. The first kappa shape index (κ1) is 21.3. The molecule has 0 spiro atoms. The predicted octanol–water partition coefficient (Wildman–Crippen LogP) is 7.93. The van der Waals surface area contributed by atoms with E-state index in [0.29, 0.717) is 12.2 Å². The third kappa shape index (κ3) is 5.15. The minimum Gasteiger partial charge on any atom is -0.490 e. The first-order valence-corrected chi connectivity index (χ1v) is 11.4. The molecular weight excluding hydrogens is 354 g/mol. The molecule has 0 aromatic heterocycles. The van der Waals surface area contributed by atoms with Crippen molar-refractivity contribution in [2.45, 2.75) is 84.5 Å². The molecule has 0 aliphatic heterocycles. The van der Waals surface area contributed by atoms with E-state index >= 15 is 0 Å². The van der Waals surface area contributed by atoms with E-state index in [2.05, 4.69) is 13.0 Å². The van der Waals surface area contributed by atoms with E-state index in [4.69, 9.17) is 4.74 Å². The van der Waals surface area contributed by atoms with Gasteiger partial charge in [0.1, 0.15) is 0 Å². The van der Waals surface area contributed by atoms with E-state index in [0.717, 1.165) is 55.4 Å². The van der Waals surface area contributed by atoms with E-state index in [1.165, 1.54) is 38.5 Å². The summed E-state index contributed by atoms with van der Waals surface area (Å²) in [4.78, 5) is 0. The van der Waals surface area contributed by atoms with Crippen LogP contribution >= 0.6 is 0 Å². The zero-order chi connectivity index (χ0) is 19.9. The zero-order valence-corrected chi connectivity index (χ0v) is 17.6. The monoisotopic (exact) mass is 390 g/mol. The lowest BCUT2D eigenvalue weighted by Crippen LogP contribution is -2.23. The summed E-state index contributed by atoms with van der Waals surface area (Å²) in [6.45, 7) is 4.76. The van der Waals surface area contributed by atoms with Gasteiger partial charge in [0.05, 0.1) is 6.61 Å². The molecule has 0 bridgehead atoms. The predicted molar refractivity (Wildman–Crippen MR) is 112 cm³/mol. The third-order valence-corrected chi connectivity index (χ3v) is 6.85. The number of ether oxygens (including phenoxy) is 1. The van der Waals surface area contributed by atoms with Crippen LogP contribution in [0.15, 0.2) is 18.2 Å². The fraction of sp³-hybridized carbons (Fsp3) is 0.680. The molecule has 1 aromatic carbocycles. The molecule has 3 heteroatoms. The molecule has 1 aromatic rings. The zero-order valence-electron chi connectivity index (χ0n) is 17.6. The van der Waals surface area contributed by atoms with Crippen LogP contribution in [0, 0.1) is 29.4 Å². The van der Waals surface area contributed by atoms with Crippen molar-refractivity contribution >= 4 is 5.57 Å². The van der Waals surface area contributed by atoms with Crippen molar-refractivity contribution in [3.63, 3.8) is 0 Å². The van der Waals surface area contributed by atoms with Gasteiger partial charge in [0.15, 0.2) is 11.6 Å². The molecule has 0 N–H and O–H groups in total. The molecule has 0 amide bonds. The van der Waals surface area contributed by atoms with Gasteiger partial charge in [-0.1, -0.05) is 52.0 Å². The Balaban J connectivity index is 1.59. The molecule has 1 saturated carbocycles. The molecule has 0 heterocycles. The van der Waals surface area contributed by atoms with Gasteiger partial charge in [-0.2, -0.15) is 4.39 Å². The van der Waals surface area contributed by atoms with Crippen molar-refractivity contribution in [2.24, 2.45) is 17.8 Å². The van der Waals surface area contributed by atoms with Gasteiger partial charge >= 0.3 is 0 Å². The maximum Gasteiger partial charge on any atom is 0.201 e. The maximum absolute atomic E-state index is 14.6. The van der Waals surface area contributed by atoms with Gasteiger partial charge in [-0.3, -0.25) is 0 Å². The Hall–Kier alpha value is -1.38. The number of halogens is 2. The largest absolute Gasteiger partial charge is 0.490 e. The van der Waals surface area contributed by atoms with Crippen molar-refractivity contribution < 1.29 is 13.5 Å². The lowest BCUT2D eigenvalue weighted by molar-refractivity contribution is 0.189. The highest BCUT2D eigenvalue weighted by Gasteiger charge is 2.29. The fourth-order valence-corrected chi connectivity index (χ4v) is 5.10. The van der Waals surface area contributed by atoms with E-state index < -0.39 is 11.6 Å². The van der Waals surface area contributed by atoms with Gasteiger partial charge in [0, 0.05) is 5.56 Å². The SMILES string of the molecule is CCCCOc1ccc(C2=CC[C@H](C3CCC(CCC)CC3)CC2)c(F)c1F. The quantitative estimate of drug-likeness (QED) is 0.409. The Morgan fingerprint density at radius 3 is 2.36 bits per heavy atom. The normalized spacial score (nSPS) is 25.4. The van der Waals surface area contributed by atoms with Crippen LogP contribution in [-0.4, -0.2) is 6.61 Å². The smallest absolute Gasteiger partial charge is 0.201 e. The van der Waals surface area contributed by atoms with Crippen LogP contribution in [0.2, 0.25) is 0 Å². The molecule has 0 saturated heterocycles. The second-order valence-corrected chi connectivity index (χ2v) is 8.77. The van der Waals surface area contributed by atoms with E-state index in [1.807, 2.05) is 6.92 Å². The minimum absolute atomic E-state index is 0.0350. The first-order chi connectivity index (χ1) is 13.6. The van der Waals surface area contributed by atoms with Gasteiger partial charge in [-0.15, -0.1) is 0 Å². The number of rotatable bonds is 8. The van der Waals surface area contributed by atoms with Crippen LogP contribution in [-0.2, 0) is 0 Å². The molecule has 28 heavy (non-hydrogen) atoms. The van der Waals surface area contributed by atoms with Gasteiger partial charge in [0.2, 0.25) is 5.82 Å². The van der Waals surface area contributed by atoms with Crippen LogP contribution in [0.25, 0.3) is 5.57 Å². The lowest BCUT2D eigenvalue weighted by Gasteiger charge is -2.35. The Morgan fingerprint density at radius 1 is 0.929 bits per heavy atom. The molecule has 2 aliphatic carbocycles. The molecule has 2 aliphatic rings. The number of allylic oxidation sites excluding steroid dienone is 2. The van der Waals surface area contributed by atoms with Crippen molar-refractivity contribution in [1.29, 1.82) is 0 Å². The van der Waals surface area contributed by atoms with Gasteiger partial charge in [-0.05, 0) is 74.0 Å². The van der Waals surface area contributed by atoms with E-state index in [1.54, 1.807) is 12.1 Å². The summed E-state index contributed by atoms with van der Waals surface area (Å²) in [7, 11) is 0. The second kappa shape index (κ2) is 10.4. The summed E-state index contributed by atoms with van der Waals surface area (Å²) >= 11 is 0. The average Bonchev–Trinajstić information content (AvgIpc) is 2.72. The molecule has 0 radical (unpaired) electrons. The summed E-state index contributed by atoms with van der Waals surface area (Å²) in [6, 6.07) is 3.28. The van der Waals surface area contributed by atoms with Crippen molar-refractivity contribution in [2.75, 3.05) is 6.61 Å². The number of hydrogen-bond acceptors (Lipinski definition) is 1. The summed E-state index contributed by atoms with van der Waals surface area (Å²) in [6.07, 6.45) is 15.1. The molecule has 0 unspecified atom stereocenters. The fourth-order valence-electron chi connectivity index (χ4n) is 5.10. The highest BCUT2D eigenvalue weighted by Crippen LogP contribution is 2.42. The number of hydrogen-bond donors (Lipinski definition) is 0. The Morgan fingerprint density at radius 2 is 1.71 bits per heavy atom. The maximum atomic E-state index is 14.6. The van der Waals surface area contributed by atoms with Crippen molar-refractivity contribution in [3.05, 3.63) is 35.4 Å². The molecular formula is C25H36F2O. The summed E-state index contributed by atoms with van der Waals surface area (Å²) < 4.78 is 34.4. The van der Waals surface area contributed by atoms with Gasteiger partial charge < -0.3 is 4.74 Å². The molecule has 1 atom stereocenters. The van der Waals surface area contributed by atoms with Crippen LogP contribution < -0.4 is 4.74 Å². The third-order valence-electron chi connectivity index (χ3n) is 6.85. The minimum atomic E-state index is -0.842. The first-order valence-electron chi connectivity index (χ1n) is 11.4. The topological polar surface area (TPSA) is 9.23 Å². The van der Waals surface area contributed by atoms with Crippen LogP contribution in [0.1, 0.15) is 90.0 Å². The van der Waals surface area contributed by atoms with Gasteiger partial charge in [-0.25, -0.2) is 4.39 Å². The molecule has 1 nitrogen and oxygen atoms in total. The highest BCUT2D eigenvalue weighted by molar-refractivity contribution is 5.67. The Kier molecular flexibility index (Phi) is 7.93. The second-order valence-electron chi connectivity index (χ2n) is 8.77. The Labute approximate surface area is 169 Å². The highest BCUT2D eigenvalue weighted by atomic mass is 19.2. The van der Waals surface area contributed by atoms with Crippen LogP contribution in [0.4, 0.5) is 8.78 Å². The van der Waals surface area contributed by atoms with Crippen molar-refractivity contribution in [1.82, 2.24) is 0 Å². The van der Waals surface area contributed by atoms with Crippen LogP contribution in [0.5, 0.6) is 5.75 Å². The van der Waals surface area contributed by atoms with Gasteiger partial charge in [0.25, 0.3) is 0 Å². The standard InChI is InChI=1S/C25H36F2O/c1-3-5-17-28-23-16-15-22(24(26)25(23)27)21-13-11-20(12-14-21)19-9-7-18(6-4-2)8-10-19/h13,15-16,18-20H,3-12,14,17H2,1-2H3/t18?,19?,20-/m0/s1. The molecule has 156 valence electrons. The van der Waals surface area contributed by atoms with E-state index in [-0.39, 0.29) is 5.75 Å². The molecule has 3 rings (SSSR count). The number of benzene rings is 1. The number of unbranched alkanes of at least 4 members (excludes halogenated alkanes) is 1.